The topological polar surface area (TPSA) is 67.9 Å². The average Bonchev–Trinajstić information content (AvgIpc) is 2.79. The smallest absolute Gasteiger partial charge is 0.265 e. The van der Waals surface area contributed by atoms with Gasteiger partial charge in [-0.2, -0.15) is 0 Å². The van der Waals surface area contributed by atoms with Gasteiger partial charge >= 0.3 is 0 Å². The number of carbonyl (C=O) groups excluding carboxylic acids is 2. The van der Waals surface area contributed by atoms with Gasteiger partial charge in [0.25, 0.3) is 5.91 Å². The molecule has 1 saturated carbocycles. The van der Waals surface area contributed by atoms with Gasteiger partial charge in [-0.3, -0.25) is 9.59 Å². The largest absolute Gasteiger partial charge is 0.494 e. The molecule has 164 valence electrons. The molecule has 1 fully saturated rings. The zero-order chi connectivity index (χ0) is 21.6. The van der Waals surface area contributed by atoms with Crippen LogP contribution in [0.25, 0.3) is 0 Å². The van der Waals surface area contributed by atoms with E-state index >= 15 is 0 Å². The molecular formula is C24H27ClN2O4. The van der Waals surface area contributed by atoms with Gasteiger partial charge in [0.05, 0.1) is 12.3 Å². The second-order valence-electron chi connectivity index (χ2n) is 8.00. The first kappa shape index (κ1) is 21.5. The number of nitrogens with one attached hydrogen (secondary N) is 1. The van der Waals surface area contributed by atoms with Crippen molar-refractivity contribution in [1.82, 2.24) is 0 Å². The van der Waals surface area contributed by atoms with Crippen molar-refractivity contribution in [3.63, 3.8) is 0 Å². The first-order chi connectivity index (χ1) is 15.1. The molecule has 0 saturated heterocycles. The van der Waals surface area contributed by atoms with E-state index in [9.17, 15) is 9.59 Å². The maximum atomic E-state index is 12.6. The van der Waals surface area contributed by atoms with Crippen LogP contribution in [0.4, 0.5) is 11.4 Å². The van der Waals surface area contributed by atoms with Crippen molar-refractivity contribution < 1.29 is 19.1 Å². The summed E-state index contributed by atoms with van der Waals surface area (Å²) in [5.41, 5.74) is 1.37. The van der Waals surface area contributed by atoms with Crippen LogP contribution in [0.3, 0.4) is 0 Å². The van der Waals surface area contributed by atoms with Gasteiger partial charge in [0.1, 0.15) is 11.5 Å². The molecule has 0 spiro atoms. The van der Waals surface area contributed by atoms with Crippen molar-refractivity contribution in [3.05, 3.63) is 47.5 Å². The van der Waals surface area contributed by atoms with Crippen LogP contribution in [0, 0.1) is 5.92 Å². The lowest BCUT2D eigenvalue weighted by Gasteiger charge is -2.30. The minimum atomic E-state index is -0.102. The molecule has 2 aromatic rings. The van der Waals surface area contributed by atoms with E-state index in [1.807, 2.05) is 30.3 Å². The van der Waals surface area contributed by atoms with Crippen molar-refractivity contribution >= 4 is 34.8 Å². The molecule has 6 nitrogen and oxygen atoms in total. The average molecular weight is 443 g/mol. The van der Waals surface area contributed by atoms with Crippen LogP contribution in [0.2, 0.25) is 5.02 Å². The molecule has 2 amide bonds. The number of rotatable bonds is 7. The highest BCUT2D eigenvalue weighted by atomic mass is 35.5. The quantitative estimate of drug-likeness (QED) is 0.609. The highest BCUT2D eigenvalue weighted by Crippen LogP contribution is 2.35. The minimum absolute atomic E-state index is 0.0127. The summed E-state index contributed by atoms with van der Waals surface area (Å²) in [6, 6.07) is 12.7. The minimum Gasteiger partial charge on any atom is -0.494 e. The van der Waals surface area contributed by atoms with Gasteiger partial charge in [0.2, 0.25) is 5.91 Å². The van der Waals surface area contributed by atoms with Gasteiger partial charge in [-0.25, -0.2) is 0 Å². The highest BCUT2D eigenvalue weighted by Gasteiger charge is 2.26. The summed E-state index contributed by atoms with van der Waals surface area (Å²) in [5.74, 6) is 1.42. The second-order valence-corrected chi connectivity index (χ2v) is 8.43. The summed E-state index contributed by atoms with van der Waals surface area (Å²) in [6.07, 6.45) is 5.97. The molecule has 1 aliphatic heterocycles. The second kappa shape index (κ2) is 10.1. The fourth-order valence-corrected chi connectivity index (χ4v) is 4.20. The Bertz CT molecular complexity index is 926. The fraction of sp³-hybridized carbons (Fsp3) is 0.417. The third kappa shape index (κ3) is 5.50. The number of nitrogens with zero attached hydrogens (tertiary/aromatic N) is 1. The molecule has 31 heavy (non-hydrogen) atoms. The Morgan fingerprint density at radius 2 is 1.90 bits per heavy atom. The van der Waals surface area contributed by atoms with Crippen molar-refractivity contribution in [3.8, 4) is 11.5 Å². The van der Waals surface area contributed by atoms with E-state index < -0.39 is 0 Å². The molecule has 2 aromatic carbocycles. The molecule has 4 rings (SSSR count). The molecule has 1 aliphatic carbocycles. The maximum Gasteiger partial charge on any atom is 0.265 e. The summed E-state index contributed by atoms with van der Waals surface area (Å²) in [7, 11) is 0. The number of fused-ring (bicyclic) bond motifs is 1. The van der Waals surface area contributed by atoms with E-state index in [1.54, 1.807) is 17.0 Å². The third-order valence-corrected chi connectivity index (χ3v) is 6.01. The Morgan fingerprint density at radius 3 is 2.68 bits per heavy atom. The lowest BCUT2D eigenvalue weighted by atomic mass is 9.88. The molecule has 1 heterocycles. The standard InChI is InChI=1S/C24H27ClN2O4/c25-18-7-10-20(11-8-18)30-14-4-13-27-21-15-19(9-12-22(21)31-16-23(27)28)26-24(29)17-5-2-1-3-6-17/h7-12,15,17H,1-6,13-14,16H2,(H,26,29). The van der Waals surface area contributed by atoms with Gasteiger partial charge in [-0.1, -0.05) is 30.9 Å². The van der Waals surface area contributed by atoms with Crippen LogP contribution in [0.15, 0.2) is 42.5 Å². The number of halogens is 1. The lowest BCUT2D eigenvalue weighted by Crippen LogP contribution is -2.40. The van der Waals surface area contributed by atoms with E-state index in [0.717, 1.165) is 31.4 Å². The Morgan fingerprint density at radius 1 is 1.13 bits per heavy atom. The Balaban J connectivity index is 1.37. The zero-order valence-electron chi connectivity index (χ0n) is 17.4. The van der Waals surface area contributed by atoms with Crippen LogP contribution >= 0.6 is 11.6 Å². The first-order valence-electron chi connectivity index (χ1n) is 10.9. The molecular weight excluding hydrogens is 416 g/mol. The van der Waals surface area contributed by atoms with Crippen LogP contribution in [0.5, 0.6) is 11.5 Å². The zero-order valence-corrected chi connectivity index (χ0v) is 18.2. The van der Waals surface area contributed by atoms with Crippen molar-refractivity contribution in [1.29, 1.82) is 0 Å². The molecule has 0 aromatic heterocycles. The Hall–Kier alpha value is -2.73. The van der Waals surface area contributed by atoms with Gasteiger partial charge in [0.15, 0.2) is 6.61 Å². The summed E-state index contributed by atoms with van der Waals surface area (Å²) in [5, 5.41) is 3.68. The van der Waals surface area contributed by atoms with E-state index in [4.69, 9.17) is 21.1 Å². The van der Waals surface area contributed by atoms with E-state index in [1.165, 1.54) is 6.42 Å². The molecule has 7 heteroatoms. The van der Waals surface area contributed by atoms with Crippen LogP contribution in [-0.2, 0) is 9.59 Å². The normalized spacial score (nSPS) is 16.4. The number of anilines is 2. The molecule has 1 N–H and O–H groups in total. The van der Waals surface area contributed by atoms with Crippen molar-refractivity contribution in [2.75, 3.05) is 30.0 Å². The SMILES string of the molecule is O=C(Nc1ccc2c(c1)N(CCCOc1ccc(Cl)cc1)C(=O)CO2)C1CCCCC1. The number of hydrogen-bond acceptors (Lipinski definition) is 4. The third-order valence-electron chi connectivity index (χ3n) is 5.75. The monoisotopic (exact) mass is 442 g/mol. The summed E-state index contributed by atoms with van der Waals surface area (Å²) in [6.45, 7) is 0.987. The van der Waals surface area contributed by atoms with Gasteiger partial charge in [-0.05, 0) is 61.7 Å². The molecule has 2 aliphatic rings. The van der Waals surface area contributed by atoms with E-state index in [0.29, 0.717) is 41.7 Å². The lowest BCUT2D eigenvalue weighted by molar-refractivity contribution is -0.121. The van der Waals surface area contributed by atoms with Crippen LogP contribution < -0.4 is 19.7 Å². The molecule has 0 radical (unpaired) electrons. The van der Waals surface area contributed by atoms with Crippen molar-refractivity contribution in [2.45, 2.75) is 38.5 Å². The Kier molecular flexibility index (Phi) is 6.97. The van der Waals surface area contributed by atoms with Gasteiger partial charge < -0.3 is 19.7 Å². The predicted octanol–water partition coefficient (Wildman–Crippen LogP) is 5.05. The number of hydrogen-bond donors (Lipinski definition) is 1. The number of carbonyl (C=O) groups is 2. The van der Waals surface area contributed by atoms with E-state index in [-0.39, 0.29) is 24.3 Å². The maximum absolute atomic E-state index is 12.6. The number of amides is 2. The summed E-state index contributed by atoms with van der Waals surface area (Å²) < 4.78 is 11.3. The molecule has 0 atom stereocenters. The first-order valence-corrected chi connectivity index (χ1v) is 11.2. The highest BCUT2D eigenvalue weighted by molar-refractivity contribution is 6.30. The summed E-state index contributed by atoms with van der Waals surface area (Å²) in [4.78, 5) is 26.8. The van der Waals surface area contributed by atoms with Crippen LogP contribution in [0.1, 0.15) is 38.5 Å². The molecule has 0 unspecified atom stereocenters. The Labute approximate surface area is 187 Å². The van der Waals surface area contributed by atoms with Gasteiger partial charge in [-0.15, -0.1) is 0 Å². The van der Waals surface area contributed by atoms with Gasteiger partial charge in [0, 0.05) is 23.2 Å². The fourth-order valence-electron chi connectivity index (χ4n) is 4.08. The number of ether oxygens (including phenoxy) is 2. The summed E-state index contributed by atoms with van der Waals surface area (Å²) >= 11 is 5.89. The molecule has 0 bridgehead atoms. The van der Waals surface area contributed by atoms with Crippen LogP contribution in [-0.4, -0.2) is 31.6 Å². The van der Waals surface area contributed by atoms with E-state index in [2.05, 4.69) is 5.32 Å². The number of benzene rings is 2. The predicted molar refractivity (Wildman–Crippen MR) is 121 cm³/mol. The van der Waals surface area contributed by atoms with Crippen molar-refractivity contribution in [2.24, 2.45) is 5.92 Å².